The van der Waals surface area contributed by atoms with E-state index >= 15 is 0 Å². The highest BCUT2D eigenvalue weighted by Crippen LogP contribution is 2.10. The van der Waals surface area contributed by atoms with Gasteiger partial charge in [0.1, 0.15) is 0 Å². The van der Waals surface area contributed by atoms with E-state index in [2.05, 4.69) is 5.32 Å². The maximum Gasteiger partial charge on any atom is 0.221 e. The molecule has 0 aliphatic heterocycles. The number of hydrogen-bond acceptors (Lipinski definition) is 2. The van der Waals surface area contributed by atoms with Crippen molar-refractivity contribution in [2.45, 2.75) is 34.1 Å². The maximum atomic E-state index is 11.3. The van der Waals surface area contributed by atoms with E-state index in [0.29, 0.717) is 17.7 Å². The number of Topliss-reactive ketones (excluding diaryl/α,β-unsaturated/α-hetero) is 1. The lowest BCUT2D eigenvalue weighted by molar-refractivity contribution is -0.114. The molecule has 1 rings (SSSR count). The van der Waals surface area contributed by atoms with E-state index in [1.165, 1.54) is 6.92 Å². The molecule has 0 aromatic heterocycles. The Bertz CT molecular complexity index is 341. The molecule has 1 aromatic rings. The molecule has 1 amide bonds. The third-order valence-corrected chi connectivity index (χ3v) is 1.85. The summed E-state index contributed by atoms with van der Waals surface area (Å²) >= 11 is 0. The van der Waals surface area contributed by atoms with Crippen LogP contribution in [0, 0.1) is 0 Å². The number of carbonyl (C=O) groups excluding carboxylic acids is 2. The van der Waals surface area contributed by atoms with Crippen LogP contribution in [0.15, 0.2) is 24.3 Å². The Morgan fingerprint density at radius 1 is 1.12 bits per heavy atom. The van der Waals surface area contributed by atoms with Gasteiger partial charge in [-0.3, -0.25) is 9.59 Å². The first-order chi connectivity index (χ1) is 7.63. The van der Waals surface area contributed by atoms with Crippen LogP contribution >= 0.6 is 0 Å². The molecule has 0 bridgehead atoms. The molecule has 3 heteroatoms. The Hall–Kier alpha value is -1.64. The van der Waals surface area contributed by atoms with E-state index in [4.69, 9.17) is 0 Å². The van der Waals surface area contributed by atoms with Gasteiger partial charge in [0, 0.05) is 24.6 Å². The highest BCUT2D eigenvalue weighted by molar-refractivity contribution is 5.96. The van der Waals surface area contributed by atoms with Crippen LogP contribution in [0.5, 0.6) is 0 Å². The van der Waals surface area contributed by atoms with E-state index < -0.39 is 0 Å². The lowest BCUT2D eigenvalue weighted by Crippen LogP contribution is -2.06. The summed E-state index contributed by atoms with van der Waals surface area (Å²) in [6.07, 6.45) is 0.499. The van der Waals surface area contributed by atoms with Crippen LogP contribution < -0.4 is 5.32 Å². The average Bonchev–Trinajstić information content (AvgIpc) is 2.31. The van der Waals surface area contributed by atoms with Gasteiger partial charge in [-0.2, -0.15) is 0 Å². The molecule has 0 unspecified atom stereocenters. The van der Waals surface area contributed by atoms with Crippen molar-refractivity contribution in [1.82, 2.24) is 0 Å². The van der Waals surface area contributed by atoms with Gasteiger partial charge in [0.25, 0.3) is 0 Å². The molecule has 0 heterocycles. The summed E-state index contributed by atoms with van der Waals surface area (Å²) in [5.41, 5.74) is 1.40. The fraction of sp³-hybridized carbons (Fsp3) is 0.385. The van der Waals surface area contributed by atoms with Gasteiger partial charge in [-0.15, -0.1) is 0 Å². The summed E-state index contributed by atoms with van der Waals surface area (Å²) < 4.78 is 0. The minimum absolute atomic E-state index is 0.111. The molecule has 0 spiro atoms. The number of nitrogens with one attached hydrogen (secondary N) is 1. The second-order valence-corrected chi connectivity index (χ2v) is 3.04. The molecule has 3 nitrogen and oxygen atoms in total. The van der Waals surface area contributed by atoms with E-state index in [1.54, 1.807) is 24.3 Å². The van der Waals surface area contributed by atoms with Crippen LogP contribution in [0.25, 0.3) is 0 Å². The van der Waals surface area contributed by atoms with E-state index in [1.807, 2.05) is 20.8 Å². The fourth-order valence-corrected chi connectivity index (χ4v) is 1.15. The molecule has 0 radical (unpaired) electrons. The maximum absolute atomic E-state index is 11.3. The second kappa shape index (κ2) is 7.63. The first-order valence-corrected chi connectivity index (χ1v) is 5.54. The van der Waals surface area contributed by atoms with Crippen LogP contribution in [-0.4, -0.2) is 11.7 Å². The van der Waals surface area contributed by atoms with Gasteiger partial charge in [0.15, 0.2) is 5.78 Å². The summed E-state index contributed by atoms with van der Waals surface area (Å²) in [6.45, 7) is 7.27. The number of anilines is 1. The van der Waals surface area contributed by atoms with Crippen LogP contribution in [0.3, 0.4) is 0 Å². The van der Waals surface area contributed by atoms with Gasteiger partial charge in [-0.1, -0.05) is 20.8 Å². The number of ketones is 1. The number of hydrogen-bond donors (Lipinski definition) is 1. The normalized spacial score (nSPS) is 8.75. The molecule has 0 atom stereocenters. The van der Waals surface area contributed by atoms with Crippen molar-refractivity contribution < 1.29 is 9.59 Å². The van der Waals surface area contributed by atoms with Crippen molar-refractivity contribution in [3.05, 3.63) is 29.8 Å². The Kier molecular flexibility index (Phi) is 6.84. The van der Waals surface area contributed by atoms with Crippen molar-refractivity contribution in [3.63, 3.8) is 0 Å². The summed E-state index contributed by atoms with van der Waals surface area (Å²) in [6, 6.07) is 6.89. The quantitative estimate of drug-likeness (QED) is 0.796. The SMILES string of the molecule is CC.CCC(=O)c1ccc(NC(C)=O)cc1. The topological polar surface area (TPSA) is 46.2 Å². The zero-order valence-corrected chi connectivity index (χ0v) is 10.3. The van der Waals surface area contributed by atoms with Gasteiger partial charge < -0.3 is 5.32 Å². The molecule has 0 aliphatic rings. The second-order valence-electron chi connectivity index (χ2n) is 3.04. The molecule has 1 N–H and O–H groups in total. The first kappa shape index (κ1) is 14.4. The van der Waals surface area contributed by atoms with Crippen LogP contribution in [-0.2, 0) is 4.79 Å². The minimum atomic E-state index is -0.112. The van der Waals surface area contributed by atoms with Crippen LogP contribution in [0.1, 0.15) is 44.5 Å². The van der Waals surface area contributed by atoms with Crippen molar-refractivity contribution in [2.24, 2.45) is 0 Å². The van der Waals surface area contributed by atoms with Crippen LogP contribution in [0.2, 0.25) is 0 Å². The largest absolute Gasteiger partial charge is 0.326 e. The highest BCUT2D eigenvalue weighted by Gasteiger charge is 2.02. The van der Waals surface area contributed by atoms with E-state index in [9.17, 15) is 9.59 Å². The molecule has 0 aliphatic carbocycles. The summed E-state index contributed by atoms with van der Waals surface area (Å²) in [5.74, 6) is -0.000979. The number of rotatable bonds is 3. The lowest BCUT2D eigenvalue weighted by Gasteiger charge is -2.02. The van der Waals surface area contributed by atoms with Crippen molar-refractivity contribution in [2.75, 3.05) is 5.32 Å². The molecular weight excluding hydrogens is 202 g/mol. The summed E-state index contributed by atoms with van der Waals surface area (Å²) in [7, 11) is 0. The summed E-state index contributed by atoms with van der Waals surface area (Å²) in [4.78, 5) is 22.0. The Labute approximate surface area is 96.9 Å². The lowest BCUT2D eigenvalue weighted by atomic mass is 10.1. The van der Waals surface area contributed by atoms with Crippen molar-refractivity contribution in [1.29, 1.82) is 0 Å². The molecule has 0 saturated heterocycles. The minimum Gasteiger partial charge on any atom is -0.326 e. The third kappa shape index (κ3) is 4.73. The van der Waals surface area contributed by atoms with Gasteiger partial charge in [0.2, 0.25) is 5.91 Å². The zero-order chi connectivity index (χ0) is 12.6. The Morgan fingerprint density at radius 2 is 1.62 bits per heavy atom. The fourth-order valence-electron chi connectivity index (χ4n) is 1.15. The smallest absolute Gasteiger partial charge is 0.221 e. The van der Waals surface area contributed by atoms with Crippen molar-refractivity contribution in [3.8, 4) is 0 Å². The number of amides is 1. The predicted molar refractivity (Wildman–Crippen MR) is 66.7 cm³/mol. The molecular formula is C13H19NO2. The molecule has 88 valence electrons. The molecule has 1 aromatic carbocycles. The molecule has 16 heavy (non-hydrogen) atoms. The first-order valence-electron chi connectivity index (χ1n) is 5.54. The summed E-state index contributed by atoms with van der Waals surface area (Å²) in [5, 5.41) is 2.64. The third-order valence-electron chi connectivity index (χ3n) is 1.85. The van der Waals surface area contributed by atoms with E-state index in [-0.39, 0.29) is 11.7 Å². The number of carbonyl (C=O) groups is 2. The molecule has 0 saturated carbocycles. The number of benzene rings is 1. The van der Waals surface area contributed by atoms with Gasteiger partial charge in [-0.25, -0.2) is 0 Å². The van der Waals surface area contributed by atoms with Gasteiger partial charge in [-0.05, 0) is 24.3 Å². The standard InChI is InChI=1S/C11H13NO2.C2H6/c1-3-11(14)9-4-6-10(7-5-9)12-8(2)13;1-2/h4-7H,3H2,1-2H3,(H,12,13);1-2H3. The predicted octanol–water partition coefficient (Wildman–Crippen LogP) is 3.26. The van der Waals surface area contributed by atoms with E-state index in [0.717, 1.165) is 0 Å². The van der Waals surface area contributed by atoms with Gasteiger partial charge >= 0.3 is 0 Å². The Balaban J connectivity index is 0.00000106. The average molecular weight is 221 g/mol. The Morgan fingerprint density at radius 3 is 2.00 bits per heavy atom. The molecule has 0 fully saturated rings. The monoisotopic (exact) mass is 221 g/mol. The van der Waals surface area contributed by atoms with Gasteiger partial charge in [0.05, 0.1) is 0 Å². The van der Waals surface area contributed by atoms with Crippen molar-refractivity contribution >= 4 is 17.4 Å². The van der Waals surface area contributed by atoms with Crippen LogP contribution in [0.4, 0.5) is 5.69 Å². The highest BCUT2D eigenvalue weighted by atomic mass is 16.1. The zero-order valence-electron chi connectivity index (χ0n) is 10.3.